The minimum atomic E-state index is -3.73. The largest absolute Gasteiger partial charge is 0.460 e. The predicted molar refractivity (Wildman–Crippen MR) is 72.8 cm³/mol. The lowest BCUT2D eigenvalue weighted by molar-refractivity contribution is 0.557. The quantitative estimate of drug-likeness (QED) is 0.676. The minimum Gasteiger partial charge on any atom is -0.460 e. The van der Waals surface area contributed by atoms with Crippen LogP contribution >= 0.6 is 0 Å². The van der Waals surface area contributed by atoms with E-state index in [1.54, 1.807) is 31.2 Å². The molecule has 0 unspecified atom stereocenters. The average molecular weight is 290 g/mol. The van der Waals surface area contributed by atoms with Crippen LogP contribution in [0.15, 0.2) is 62.7 Å². The Bertz CT molecular complexity index is 877. The highest BCUT2D eigenvalue weighted by atomic mass is 32.2. The van der Waals surface area contributed by atoms with Gasteiger partial charge in [-0.15, -0.1) is 0 Å². The lowest BCUT2D eigenvalue weighted by Crippen LogP contribution is -2.02. The van der Waals surface area contributed by atoms with E-state index in [1.807, 2.05) is 0 Å². The van der Waals surface area contributed by atoms with E-state index >= 15 is 0 Å². The molecule has 0 saturated heterocycles. The Morgan fingerprint density at radius 3 is 2.35 bits per heavy atom. The molecule has 0 N–H and O–H groups in total. The molecule has 0 spiro atoms. The first-order chi connectivity index (χ1) is 9.50. The highest BCUT2D eigenvalue weighted by molar-refractivity contribution is 7.91. The van der Waals surface area contributed by atoms with Gasteiger partial charge < -0.3 is 4.42 Å². The summed E-state index contributed by atoms with van der Waals surface area (Å²) in [5.41, 5.74) is 0.519. The molecule has 102 valence electrons. The zero-order valence-electron chi connectivity index (χ0n) is 10.6. The van der Waals surface area contributed by atoms with Crippen LogP contribution < -0.4 is 0 Å². The number of fused-ring (bicyclic) bond motifs is 1. The summed E-state index contributed by atoms with van der Waals surface area (Å²) in [4.78, 5) is 0.188. The van der Waals surface area contributed by atoms with Crippen molar-refractivity contribution in [2.24, 2.45) is 0 Å². The fraction of sp³-hybridized carbons (Fsp3) is 0.0667. The molecular formula is C15H11FO3S. The minimum absolute atomic E-state index is 0.0496. The molecule has 1 aromatic heterocycles. The molecule has 0 aliphatic heterocycles. The van der Waals surface area contributed by atoms with Crippen molar-refractivity contribution >= 4 is 20.8 Å². The second kappa shape index (κ2) is 4.45. The van der Waals surface area contributed by atoms with Gasteiger partial charge in [0.05, 0.1) is 4.90 Å². The van der Waals surface area contributed by atoms with Crippen LogP contribution in [0.5, 0.6) is 0 Å². The van der Waals surface area contributed by atoms with Crippen molar-refractivity contribution in [2.75, 3.05) is 0 Å². The highest BCUT2D eigenvalue weighted by Crippen LogP contribution is 2.33. The van der Waals surface area contributed by atoms with Gasteiger partial charge in [-0.3, -0.25) is 0 Å². The Kier molecular flexibility index (Phi) is 2.87. The number of halogens is 1. The van der Waals surface area contributed by atoms with Crippen molar-refractivity contribution in [2.45, 2.75) is 16.7 Å². The molecule has 0 saturated carbocycles. The monoisotopic (exact) mass is 290 g/mol. The Balaban J connectivity index is 2.29. The van der Waals surface area contributed by atoms with Crippen molar-refractivity contribution in [3.63, 3.8) is 0 Å². The molecule has 0 aliphatic rings. The molecule has 3 aromatic rings. The average Bonchev–Trinajstić information content (AvgIpc) is 2.75. The van der Waals surface area contributed by atoms with E-state index in [0.717, 1.165) is 12.1 Å². The Hall–Kier alpha value is -2.14. The van der Waals surface area contributed by atoms with E-state index in [0.29, 0.717) is 16.7 Å². The summed E-state index contributed by atoms with van der Waals surface area (Å²) in [5, 5.41) is 0.536. The van der Waals surface area contributed by atoms with Gasteiger partial charge in [-0.25, -0.2) is 12.8 Å². The van der Waals surface area contributed by atoms with Gasteiger partial charge in [0.25, 0.3) is 0 Å². The lowest BCUT2D eigenvalue weighted by Gasteiger charge is -2.03. The third-order valence-corrected chi connectivity index (χ3v) is 5.04. The number of sulfone groups is 1. The first-order valence-electron chi connectivity index (χ1n) is 5.99. The zero-order valence-corrected chi connectivity index (χ0v) is 11.4. The maximum absolute atomic E-state index is 12.9. The van der Waals surface area contributed by atoms with Crippen molar-refractivity contribution in [1.82, 2.24) is 0 Å². The number of hydrogen-bond acceptors (Lipinski definition) is 3. The van der Waals surface area contributed by atoms with Gasteiger partial charge in [-0.1, -0.05) is 12.1 Å². The molecule has 0 fully saturated rings. The summed E-state index contributed by atoms with van der Waals surface area (Å²) < 4.78 is 43.7. The Labute approximate surface area is 115 Å². The molecule has 5 heteroatoms. The number of rotatable bonds is 2. The van der Waals surface area contributed by atoms with Crippen molar-refractivity contribution < 1.29 is 17.2 Å². The van der Waals surface area contributed by atoms with E-state index in [-0.39, 0.29) is 9.79 Å². The molecule has 0 atom stereocenters. The van der Waals surface area contributed by atoms with Crippen molar-refractivity contribution in [3.8, 4) is 0 Å². The van der Waals surface area contributed by atoms with Gasteiger partial charge in [0, 0.05) is 5.39 Å². The number of furan rings is 1. The molecule has 0 radical (unpaired) electrons. The molecule has 3 nitrogen and oxygen atoms in total. The van der Waals surface area contributed by atoms with E-state index in [2.05, 4.69) is 0 Å². The topological polar surface area (TPSA) is 47.3 Å². The third kappa shape index (κ3) is 1.91. The van der Waals surface area contributed by atoms with Gasteiger partial charge in [0.2, 0.25) is 9.84 Å². The van der Waals surface area contributed by atoms with Gasteiger partial charge in [-0.2, -0.15) is 0 Å². The van der Waals surface area contributed by atoms with Crippen LogP contribution in [0.2, 0.25) is 0 Å². The molecule has 0 aliphatic carbocycles. The molecule has 3 rings (SSSR count). The summed E-state index contributed by atoms with van der Waals surface area (Å²) in [6.45, 7) is 1.61. The fourth-order valence-corrected chi connectivity index (χ4v) is 3.82. The maximum atomic E-state index is 12.9. The second-order valence-corrected chi connectivity index (χ2v) is 6.33. The Morgan fingerprint density at radius 1 is 1.00 bits per heavy atom. The summed E-state index contributed by atoms with van der Waals surface area (Å²) >= 11 is 0. The van der Waals surface area contributed by atoms with Crippen LogP contribution in [0.1, 0.15) is 5.76 Å². The maximum Gasteiger partial charge on any atom is 0.210 e. The summed E-state index contributed by atoms with van der Waals surface area (Å²) in [7, 11) is -3.73. The van der Waals surface area contributed by atoms with Gasteiger partial charge in [0.1, 0.15) is 22.1 Å². The molecule has 0 amide bonds. The first-order valence-corrected chi connectivity index (χ1v) is 7.47. The standard InChI is InChI=1S/C15H11FO3S/c1-10-15(13-4-2-3-5-14(13)19-10)20(17,18)12-8-6-11(16)7-9-12/h2-9H,1H3. The zero-order chi connectivity index (χ0) is 14.3. The van der Waals surface area contributed by atoms with E-state index in [9.17, 15) is 12.8 Å². The molecule has 2 aromatic carbocycles. The third-order valence-electron chi connectivity index (χ3n) is 3.11. The summed E-state index contributed by atoms with van der Waals surface area (Å²) in [5.74, 6) is -0.145. The van der Waals surface area contributed by atoms with Crippen molar-refractivity contribution in [3.05, 3.63) is 60.1 Å². The van der Waals surface area contributed by atoms with Gasteiger partial charge in [-0.05, 0) is 43.3 Å². The Morgan fingerprint density at radius 2 is 1.65 bits per heavy atom. The van der Waals surface area contributed by atoms with E-state index in [1.165, 1.54) is 12.1 Å². The lowest BCUT2D eigenvalue weighted by atomic mass is 10.2. The van der Waals surface area contributed by atoms with Crippen LogP contribution in [-0.2, 0) is 9.84 Å². The fourth-order valence-electron chi connectivity index (χ4n) is 2.21. The number of hydrogen-bond donors (Lipinski definition) is 0. The highest BCUT2D eigenvalue weighted by Gasteiger charge is 2.25. The van der Waals surface area contributed by atoms with E-state index < -0.39 is 15.7 Å². The SMILES string of the molecule is Cc1oc2ccccc2c1S(=O)(=O)c1ccc(F)cc1. The van der Waals surface area contributed by atoms with Crippen LogP contribution in [0.25, 0.3) is 11.0 Å². The van der Waals surface area contributed by atoms with Crippen LogP contribution in [0.3, 0.4) is 0 Å². The summed E-state index contributed by atoms with van der Waals surface area (Å²) in [6.07, 6.45) is 0. The van der Waals surface area contributed by atoms with E-state index in [4.69, 9.17) is 4.42 Å². The predicted octanol–water partition coefficient (Wildman–Crippen LogP) is 3.71. The van der Waals surface area contributed by atoms with Crippen LogP contribution in [0.4, 0.5) is 4.39 Å². The smallest absolute Gasteiger partial charge is 0.210 e. The van der Waals surface area contributed by atoms with Crippen LogP contribution in [0, 0.1) is 12.7 Å². The van der Waals surface area contributed by atoms with Gasteiger partial charge >= 0.3 is 0 Å². The second-order valence-electron chi connectivity index (χ2n) is 4.44. The molecular weight excluding hydrogens is 279 g/mol. The van der Waals surface area contributed by atoms with Crippen molar-refractivity contribution in [1.29, 1.82) is 0 Å². The molecule has 20 heavy (non-hydrogen) atoms. The first kappa shape index (κ1) is 12.9. The number of aryl methyl sites for hydroxylation is 1. The molecule has 0 bridgehead atoms. The molecule has 1 heterocycles. The normalized spacial score (nSPS) is 11.9. The van der Waals surface area contributed by atoms with Gasteiger partial charge in [0.15, 0.2) is 0 Å². The summed E-state index contributed by atoms with van der Waals surface area (Å²) in [6, 6.07) is 11.7. The number of para-hydroxylation sites is 1. The number of benzene rings is 2. The van der Waals surface area contributed by atoms with Crippen LogP contribution in [-0.4, -0.2) is 8.42 Å².